The lowest BCUT2D eigenvalue weighted by Crippen LogP contribution is -2.41. The smallest absolute Gasteiger partial charge is 0.377 e. The quantitative estimate of drug-likeness (QED) is 0.122. The number of piperidine rings is 1. The number of halogens is 7. The third kappa shape index (κ3) is 8.06. The van der Waals surface area contributed by atoms with Crippen molar-refractivity contribution in [2.45, 2.75) is 73.9 Å². The summed E-state index contributed by atoms with van der Waals surface area (Å²) in [6.07, 6.45) is -4.20. The van der Waals surface area contributed by atoms with E-state index >= 15 is 8.78 Å². The molecule has 1 saturated heterocycles. The van der Waals surface area contributed by atoms with Gasteiger partial charge in [0.1, 0.15) is 35.2 Å². The standard InChI is InChI=1S/C42H39F7N6O4S/c1-53-13-11-40(57,12-14-53)10-9-27-7-8-29(30-5-4-6-31-34(22-60(3,58)59)51-54(2)37(30)31)36(50-27)24(15-23-16-25(43)19-26(44)17-23)18-28(56)21-55-39-35(38(52-55)42(47,48)49)32-20-33(32)41(39,45)46/h4-8,16-17,19,24,32-33,57H,11-15,18,20-22H2,1-3H3/t24-,32+,33-/m1/s1. The van der Waals surface area contributed by atoms with Gasteiger partial charge in [0.2, 0.25) is 0 Å². The first-order chi connectivity index (χ1) is 28.1. The number of likely N-dealkylation sites (tertiary alicyclic amines) is 1. The summed E-state index contributed by atoms with van der Waals surface area (Å²) in [5, 5.41) is 19.7. The molecule has 2 aliphatic carbocycles. The number of nitrogens with zero attached hydrogens (tertiary/aromatic N) is 6. The molecule has 3 aliphatic rings. The molecule has 1 saturated carbocycles. The number of carbonyl (C=O) groups excluding carboxylic acids is 1. The maximum Gasteiger partial charge on any atom is 0.435 e. The van der Waals surface area contributed by atoms with Gasteiger partial charge in [0.15, 0.2) is 21.3 Å². The summed E-state index contributed by atoms with van der Waals surface area (Å²) in [5.74, 6) is -4.25. The Bertz CT molecular complexity index is 2710. The number of alkyl halides is 5. The van der Waals surface area contributed by atoms with E-state index in [1.807, 2.05) is 11.9 Å². The fourth-order valence-electron chi connectivity index (χ4n) is 8.74. The monoisotopic (exact) mass is 856 g/mol. The predicted octanol–water partition coefficient (Wildman–Crippen LogP) is 6.68. The SMILES string of the molecule is CN1CCC(O)(C#Cc2ccc(-c3cccc4c(CS(C)(=O)=O)nn(C)c34)c([C@@H](CC(=O)Cn3nc(C(F)(F)F)c4c3C(F)(F)[C@@H]3C[C@H]43)Cc3cc(F)cc(F)c3)n2)CC1. The Hall–Kier alpha value is -5.12. The average molecular weight is 857 g/mol. The van der Waals surface area contributed by atoms with E-state index in [1.54, 1.807) is 37.4 Å². The lowest BCUT2D eigenvalue weighted by Gasteiger charge is -2.32. The lowest BCUT2D eigenvalue weighted by atomic mass is 9.86. The molecule has 3 aromatic heterocycles. The van der Waals surface area contributed by atoms with Crippen LogP contribution in [0.15, 0.2) is 48.5 Å². The molecule has 0 unspecified atom stereocenters. The Morgan fingerprint density at radius 2 is 1.72 bits per heavy atom. The zero-order chi connectivity index (χ0) is 43.1. The van der Waals surface area contributed by atoms with Crippen LogP contribution in [0, 0.1) is 29.4 Å². The van der Waals surface area contributed by atoms with Crippen molar-refractivity contribution < 1.29 is 49.1 Å². The number of sulfone groups is 1. The van der Waals surface area contributed by atoms with Crippen molar-refractivity contribution in [3.05, 3.63) is 99.8 Å². The Labute approximate surface area is 340 Å². The topological polar surface area (TPSA) is 123 Å². The maximum atomic E-state index is 15.5. The number of aromatic nitrogens is 5. The van der Waals surface area contributed by atoms with Gasteiger partial charge in [-0.3, -0.25) is 14.2 Å². The minimum atomic E-state index is -5.05. The molecule has 316 valence electrons. The number of hydrogen-bond donors (Lipinski definition) is 1. The molecular weight excluding hydrogens is 818 g/mol. The Balaban J connectivity index is 1.26. The first-order valence-electron chi connectivity index (χ1n) is 19.2. The van der Waals surface area contributed by atoms with Gasteiger partial charge >= 0.3 is 6.18 Å². The summed E-state index contributed by atoms with van der Waals surface area (Å²) >= 11 is 0. The Morgan fingerprint density at radius 1 is 1.02 bits per heavy atom. The normalized spacial score (nSPS) is 20.1. The molecule has 2 aromatic carbocycles. The highest BCUT2D eigenvalue weighted by molar-refractivity contribution is 7.89. The molecule has 0 spiro atoms. The summed E-state index contributed by atoms with van der Waals surface area (Å²) in [5.41, 5.74) is -2.34. The van der Waals surface area contributed by atoms with Gasteiger partial charge in [-0.05, 0) is 61.6 Å². The molecule has 4 heterocycles. The van der Waals surface area contributed by atoms with Gasteiger partial charge in [0, 0.05) is 85.6 Å². The van der Waals surface area contributed by atoms with Crippen LogP contribution in [0.5, 0.6) is 0 Å². The molecule has 1 aliphatic heterocycles. The van der Waals surface area contributed by atoms with Crippen LogP contribution in [0.3, 0.4) is 0 Å². The fraction of sp³-hybridized carbons (Fsp3) is 0.429. The first kappa shape index (κ1) is 41.6. The predicted molar refractivity (Wildman–Crippen MR) is 205 cm³/mol. The zero-order valence-electron chi connectivity index (χ0n) is 32.6. The minimum Gasteiger partial charge on any atom is -0.377 e. The van der Waals surface area contributed by atoms with Crippen LogP contribution < -0.4 is 0 Å². The van der Waals surface area contributed by atoms with Gasteiger partial charge in [0.25, 0.3) is 5.92 Å². The summed E-state index contributed by atoms with van der Waals surface area (Å²) < 4.78 is 129. The molecule has 3 atom stereocenters. The molecule has 0 bridgehead atoms. The second-order valence-electron chi connectivity index (χ2n) is 16.3. The van der Waals surface area contributed by atoms with E-state index in [0.717, 1.165) is 18.4 Å². The van der Waals surface area contributed by atoms with Crippen LogP contribution in [0.25, 0.3) is 22.0 Å². The number of hydrogen-bond acceptors (Lipinski definition) is 8. The highest BCUT2D eigenvalue weighted by Gasteiger charge is 2.68. The number of Topliss-reactive ketones (excluding diaryl/α,β-unsaturated/α-hetero) is 1. The largest absolute Gasteiger partial charge is 0.435 e. The number of aliphatic hydroxyl groups is 1. The van der Waals surface area contributed by atoms with Crippen molar-refractivity contribution in [3.63, 3.8) is 0 Å². The van der Waals surface area contributed by atoms with Gasteiger partial charge in [-0.2, -0.15) is 32.1 Å². The average Bonchev–Trinajstić information content (AvgIpc) is 3.70. The van der Waals surface area contributed by atoms with Crippen LogP contribution >= 0.6 is 0 Å². The van der Waals surface area contributed by atoms with Gasteiger partial charge in [-0.25, -0.2) is 22.2 Å². The summed E-state index contributed by atoms with van der Waals surface area (Å²) in [4.78, 5) is 21.0. The minimum absolute atomic E-state index is 0.0929. The van der Waals surface area contributed by atoms with Gasteiger partial charge < -0.3 is 10.0 Å². The lowest BCUT2D eigenvalue weighted by molar-refractivity contribution is -0.142. The number of ketones is 1. The van der Waals surface area contributed by atoms with E-state index < -0.39 is 92.6 Å². The highest BCUT2D eigenvalue weighted by atomic mass is 32.2. The second-order valence-corrected chi connectivity index (χ2v) is 18.5. The zero-order valence-corrected chi connectivity index (χ0v) is 33.4. The van der Waals surface area contributed by atoms with Gasteiger partial charge in [-0.15, -0.1) is 0 Å². The summed E-state index contributed by atoms with van der Waals surface area (Å²) in [7, 11) is 0.00470. The molecular formula is C42H39F7N6O4S. The van der Waals surface area contributed by atoms with Gasteiger partial charge in [-0.1, -0.05) is 24.1 Å². The highest BCUT2D eigenvalue weighted by Crippen LogP contribution is 2.68. The number of aryl methyl sites for hydroxylation is 1. The van der Waals surface area contributed by atoms with Crippen molar-refractivity contribution in [2.75, 3.05) is 26.4 Å². The summed E-state index contributed by atoms with van der Waals surface area (Å²) in [6.45, 7) is 0.221. The molecule has 1 N–H and O–H groups in total. The van der Waals surface area contributed by atoms with Crippen molar-refractivity contribution in [1.82, 2.24) is 29.4 Å². The molecule has 18 heteroatoms. The maximum absolute atomic E-state index is 15.5. The number of para-hydroxylation sites is 1. The molecule has 8 rings (SSSR count). The molecule has 60 heavy (non-hydrogen) atoms. The molecule has 10 nitrogen and oxygen atoms in total. The van der Waals surface area contributed by atoms with Crippen molar-refractivity contribution >= 4 is 26.5 Å². The Morgan fingerprint density at radius 3 is 2.38 bits per heavy atom. The van der Waals surface area contributed by atoms with Crippen molar-refractivity contribution in [2.24, 2.45) is 13.0 Å². The van der Waals surface area contributed by atoms with E-state index in [0.29, 0.717) is 58.7 Å². The number of rotatable bonds is 10. The van der Waals surface area contributed by atoms with E-state index in [4.69, 9.17) is 4.98 Å². The van der Waals surface area contributed by atoms with Crippen LogP contribution in [-0.4, -0.2) is 80.7 Å². The molecule has 5 aromatic rings. The van der Waals surface area contributed by atoms with E-state index in [9.17, 15) is 40.3 Å². The van der Waals surface area contributed by atoms with Crippen molar-refractivity contribution in [3.8, 4) is 23.0 Å². The molecule has 0 radical (unpaired) electrons. The number of benzene rings is 2. The van der Waals surface area contributed by atoms with Crippen LogP contribution in [0.4, 0.5) is 30.7 Å². The van der Waals surface area contributed by atoms with E-state index in [2.05, 4.69) is 22.0 Å². The Kier molecular flexibility index (Phi) is 10.3. The number of carbonyl (C=O) groups is 1. The molecule has 0 amide bonds. The van der Waals surface area contributed by atoms with E-state index in [1.165, 1.54) is 4.68 Å². The van der Waals surface area contributed by atoms with E-state index in [-0.39, 0.29) is 41.2 Å². The van der Waals surface area contributed by atoms with Crippen LogP contribution in [-0.2, 0) is 52.5 Å². The van der Waals surface area contributed by atoms with Crippen molar-refractivity contribution in [1.29, 1.82) is 0 Å². The number of pyridine rings is 1. The fourth-order valence-corrected chi connectivity index (χ4v) is 9.45. The van der Waals surface area contributed by atoms with Gasteiger partial charge in [0.05, 0.1) is 22.7 Å². The second kappa shape index (κ2) is 14.8. The van der Waals surface area contributed by atoms with Crippen LogP contribution in [0.2, 0.25) is 0 Å². The third-order valence-corrected chi connectivity index (χ3v) is 12.4. The van der Waals surface area contributed by atoms with Crippen LogP contribution in [0.1, 0.15) is 77.1 Å². The third-order valence-electron chi connectivity index (χ3n) is 11.6. The summed E-state index contributed by atoms with van der Waals surface area (Å²) in [6, 6.07) is 11.1. The first-order valence-corrected chi connectivity index (χ1v) is 21.3. The number of fused-ring (bicyclic) bond motifs is 4. The molecule has 2 fully saturated rings.